The van der Waals surface area contributed by atoms with Crippen molar-refractivity contribution in [2.45, 2.75) is 6.92 Å². The highest BCUT2D eigenvalue weighted by Gasteiger charge is 2.11. The van der Waals surface area contributed by atoms with Crippen LogP contribution in [0.2, 0.25) is 0 Å². The van der Waals surface area contributed by atoms with E-state index in [9.17, 15) is 0 Å². The van der Waals surface area contributed by atoms with E-state index in [4.69, 9.17) is 11.5 Å². The molecule has 0 atom stereocenters. The SMILES string of the molecule is Cc1cc(N)c2c(sc3ccccc32)c1N. The average molecular weight is 228 g/mol. The van der Waals surface area contributed by atoms with Crippen molar-refractivity contribution in [3.05, 3.63) is 35.9 Å². The maximum Gasteiger partial charge on any atom is 0.0608 e. The number of hydrogen-bond acceptors (Lipinski definition) is 3. The Kier molecular flexibility index (Phi) is 1.85. The Morgan fingerprint density at radius 1 is 1.12 bits per heavy atom. The highest BCUT2D eigenvalue weighted by molar-refractivity contribution is 7.26. The maximum atomic E-state index is 6.11. The van der Waals surface area contributed by atoms with E-state index >= 15 is 0 Å². The quantitative estimate of drug-likeness (QED) is 0.578. The van der Waals surface area contributed by atoms with E-state index in [1.165, 1.54) is 10.1 Å². The molecule has 0 amide bonds. The van der Waals surface area contributed by atoms with Gasteiger partial charge in [-0.15, -0.1) is 11.3 Å². The van der Waals surface area contributed by atoms with Crippen LogP contribution in [0.25, 0.3) is 20.2 Å². The van der Waals surface area contributed by atoms with Gasteiger partial charge in [-0.3, -0.25) is 0 Å². The Bertz CT molecular complexity index is 698. The number of fused-ring (bicyclic) bond motifs is 3. The highest BCUT2D eigenvalue weighted by Crippen LogP contribution is 2.41. The van der Waals surface area contributed by atoms with Crippen LogP contribution in [0.4, 0.5) is 11.4 Å². The molecule has 0 aliphatic carbocycles. The summed E-state index contributed by atoms with van der Waals surface area (Å²) in [6.45, 7) is 2.00. The molecule has 0 fully saturated rings. The largest absolute Gasteiger partial charge is 0.398 e. The number of nitrogen functional groups attached to an aromatic ring is 2. The molecule has 16 heavy (non-hydrogen) atoms. The van der Waals surface area contributed by atoms with Gasteiger partial charge >= 0.3 is 0 Å². The summed E-state index contributed by atoms with van der Waals surface area (Å²) in [5, 5.41) is 2.30. The zero-order chi connectivity index (χ0) is 11.3. The molecule has 2 nitrogen and oxygen atoms in total. The van der Waals surface area contributed by atoms with Gasteiger partial charge in [-0.2, -0.15) is 0 Å². The second-order valence-corrected chi connectivity index (χ2v) is 5.05. The van der Waals surface area contributed by atoms with E-state index in [1.54, 1.807) is 11.3 Å². The predicted molar refractivity (Wildman–Crippen MR) is 72.9 cm³/mol. The molecule has 1 heterocycles. The highest BCUT2D eigenvalue weighted by atomic mass is 32.1. The van der Waals surface area contributed by atoms with Crippen LogP contribution in [-0.2, 0) is 0 Å². The van der Waals surface area contributed by atoms with Crippen molar-refractivity contribution in [3.8, 4) is 0 Å². The fraction of sp³-hybridized carbons (Fsp3) is 0.0769. The first-order chi connectivity index (χ1) is 7.68. The molecule has 4 N–H and O–H groups in total. The number of aryl methyl sites for hydroxylation is 1. The second kappa shape index (κ2) is 3.12. The van der Waals surface area contributed by atoms with Gasteiger partial charge in [0.05, 0.1) is 10.4 Å². The van der Waals surface area contributed by atoms with Crippen molar-refractivity contribution in [3.63, 3.8) is 0 Å². The van der Waals surface area contributed by atoms with Crippen molar-refractivity contribution >= 4 is 42.9 Å². The summed E-state index contributed by atoms with van der Waals surface area (Å²) in [5.74, 6) is 0. The lowest BCUT2D eigenvalue weighted by Gasteiger charge is -2.04. The summed E-state index contributed by atoms with van der Waals surface area (Å²) >= 11 is 1.71. The first-order valence-corrected chi connectivity index (χ1v) is 5.96. The molecule has 3 aromatic rings. The van der Waals surface area contributed by atoms with Gasteiger partial charge in [0.2, 0.25) is 0 Å². The summed E-state index contributed by atoms with van der Waals surface area (Å²) in [7, 11) is 0. The lowest BCUT2D eigenvalue weighted by Crippen LogP contribution is -1.93. The molecular weight excluding hydrogens is 216 g/mol. The van der Waals surface area contributed by atoms with Crippen LogP contribution in [-0.4, -0.2) is 0 Å². The third-order valence-electron chi connectivity index (χ3n) is 2.93. The van der Waals surface area contributed by atoms with Gasteiger partial charge in [0.1, 0.15) is 0 Å². The third kappa shape index (κ3) is 1.12. The van der Waals surface area contributed by atoms with Crippen molar-refractivity contribution in [1.29, 1.82) is 0 Å². The van der Waals surface area contributed by atoms with Gasteiger partial charge in [0.25, 0.3) is 0 Å². The first-order valence-electron chi connectivity index (χ1n) is 5.14. The zero-order valence-corrected chi connectivity index (χ0v) is 9.77. The Morgan fingerprint density at radius 2 is 1.88 bits per heavy atom. The molecule has 0 aliphatic rings. The van der Waals surface area contributed by atoms with Crippen LogP contribution in [0, 0.1) is 6.92 Å². The van der Waals surface area contributed by atoms with E-state index in [-0.39, 0.29) is 0 Å². The molecule has 2 aromatic carbocycles. The van der Waals surface area contributed by atoms with E-state index in [1.807, 2.05) is 25.1 Å². The lowest BCUT2D eigenvalue weighted by molar-refractivity contribution is 1.51. The lowest BCUT2D eigenvalue weighted by atomic mass is 10.1. The normalized spacial score (nSPS) is 11.3. The van der Waals surface area contributed by atoms with Crippen molar-refractivity contribution in [2.24, 2.45) is 0 Å². The molecule has 0 bridgehead atoms. The van der Waals surface area contributed by atoms with Crippen molar-refractivity contribution in [1.82, 2.24) is 0 Å². The summed E-state index contributed by atoms with van der Waals surface area (Å²) in [5.41, 5.74) is 14.9. The molecule has 1 aromatic heterocycles. The Balaban J connectivity index is 2.64. The second-order valence-electron chi connectivity index (χ2n) is 4.00. The molecule has 0 unspecified atom stereocenters. The maximum absolute atomic E-state index is 6.11. The number of anilines is 2. The van der Waals surface area contributed by atoms with Crippen LogP contribution < -0.4 is 11.5 Å². The molecular formula is C13H12N2S. The predicted octanol–water partition coefficient (Wildman–Crippen LogP) is 3.53. The molecule has 0 saturated carbocycles. The minimum absolute atomic E-state index is 0.819. The number of rotatable bonds is 0. The fourth-order valence-electron chi connectivity index (χ4n) is 2.08. The Morgan fingerprint density at radius 3 is 2.69 bits per heavy atom. The average Bonchev–Trinajstić information content (AvgIpc) is 2.65. The topological polar surface area (TPSA) is 52.0 Å². The van der Waals surface area contributed by atoms with E-state index in [2.05, 4.69) is 12.1 Å². The molecule has 0 radical (unpaired) electrons. The monoisotopic (exact) mass is 228 g/mol. The number of benzene rings is 2. The molecule has 0 saturated heterocycles. The Hall–Kier alpha value is -1.74. The van der Waals surface area contributed by atoms with Gasteiger partial charge in [-0.05, 0) is 24.6 Å². The summed E-state index contributed by atoms with van der Waals surface area (Å²) in [6, 6.07) is 10.2. The minimum Gasteiger partial charge on any atom is -0.398 e. The minimum atomic E-state index is 0.819. The van der Waals surface area contributed by atoms with Gasteiger partial charge in [0.15, 0.2) is 0 Å². The van der Waals surface area contributed by atoms with Crippen LogP contribution >= 0.6 is 11.3 Å². The number of thiophene rings is 1. The molecule has 80 valence electrons. The summed E-state index contributed by atoms with van der Waals surface area (Å²) < 4.78 is 2.35. The van der Waals surface area contributed by atoms with Gasteiger partial charge in [-0.25, -0.2) is 0 Å². The standard InChI is InChI=1S/C13H12N2S/c1-7-6-9(14)11-8-4-2-3-5-10(8)16-13(11)12(7)15/h2-6H,14-15H2,1H3. The van der Waals surface area contributed by atoms with Crippen LogP contribution in [0.5, 0.6) is 0 Å². The van der Waals surface area contributed by atoms with Crippen molar-refractivity contribution in [2.75, 3.05) is 11.5 Å². The van der Waals surface area contributed by atoms with Crippen LogP contribution in [0.3, 0.4) is 0 Å². The number of hydrogen-bond donors (Lipinski definition) is 2. The summed E-state index contributed by atoms with van der Waals surface area (Å²) in [6.07, 6.45) is 0. The number of nitrogens with two attached hydrogens (primary N) is 2. The summed E-state index contributed by atoms with van der Waals surface area (Å²) in [4.78, 5) is 0. The first kappa shape index (κ1) is 9.48. The van der Waals surface area contributed by atoms with E-state index in [0.29, 0.717) is 0 Å². The van der Waals surface area contributed by atoms with Gasteiger partial charge in [-0.1, -0.05) is 18.2 Å². The van der Waals surface area contributed by atoms with E-state index in [0.717, 1.165) is 27.0 Å². The van der Waals surface area contributed by atoms with Gasteiger partial charge < -0.3 is 11.5 Å². The van der Waals surface area contributed by atoms with Crippen molar-refractivity contribution < 1.29 is 0 Å². The zero-order valence-electron chi connectivity index (χ0n) is 8.95. The van der Waals surface area contributed by atoms with Gasteiger partial charge in [0, 0.05) is 21.2 Å². The molecule has 3 rings (SSSR count). The molecule has 0 spiro atoms. The third-order valence-corrected chi connectivity index (χ3v) is 4.13. The smallest absolute Gasteiger partial charge is 0.0608 e. The van der Waals surface area contributed by atoms with Crippen LogP contribution in [0.1, 0.15) is 5.56 Å². The van der Waals surface area contributed by atoms with E-state index < -0.39 is 0 Å². The van der Waals surface area contributed by atoms with Crippen LogP contribution in [0.15, 0.2) is 30.3 Å². The fourth-order valence-corrected chi connectivity index (χ4v) is 3.33. The Labute approximate surface area is 97.5 Å². The molecule has 3 heteroatoms. The molecule has 0 aliphatic heterocycles.